The molecule has 0 aliphatic carbocycles. The van der Waals surface area contributed by atoms with Gasteiger partial charge in [-0.25, -0.2) is 0 Å². The van der Waals surface area contributed by atoms with Gasteiger partial charge in [0.2, 0.25) is 5.91 Å². The van der Waals surface area contributed by atoms with Crippen LogP contribution in [0.25, 0.3) is 6.08 Å². The second-order valence-corrected chi connectivity index (χ2v) is 9.48. The molecule has 0 unspecified atom stereocenters. The number of hydrogen-bond donors (Lipinski definition) is 2. The maximum atomic E-state index is 13.8. The third-order valence-electron chi connectivity index (χ3n) is 6.51. The number of likely N-dealkylation sites (tertiary alicyclic amines) is 1. The van der Waals surface area contributed by atoms with Crippen molar-refractivity contribution in [2.45, 2.75) is 31.9 Å². The van der Waals surface area contributed by atoms with Gasteiger partial charge in [0, 0.05) is 31.1 Å². The number of anilines is 1. The molecule has 210 valence electrons. The van der Waals surface area contributed by atoms with Crippen molar-refractivity contribution in [2.24, 2.45) is 0 Å². The summed E-state index contributed by atoms with van der Waals surface area (Å²) >= 11 is 0. The topological polar surface area (TPSA) is 83.6 Å². The Bertz CT molecular complexity index is 1370. The van der Waals surface area contributed by atoms with E-state index in [0.29, 0.717) is 29.9 Å². The van der Waals surface area contributed by atoms with Gasteiger partial charge in [-0.2, -0.15) is 13.2 Å². The fourth-order valence-corrected chi connectivity index (χ4v) is 4.54. The van der Waals surface area contributed by atoms with E-state index in [2.05, 4.69) is 20.5 Å². The van der Waals surface area contributed by atoms with Crippen molar-refractivity contribution in [2.75, 3.05) is 32.0 Å². The van der Waals surface area contributed by atoms with E-state index in [1.54, 1.807) is 30.3 Å². The standard InChI is InChI=1S/C30H31F3N4O3/c1-34-29(39)27-20-25(13-14-35-27)40-24-8-4-6-21(18-24)9-12-28(38)36-23-11-10-22(26(19-23)30(31,32)33)7-5-17-37-15-2-3-16-37/h4,6,8-14,18-20H,2-3,5,7,15-17H2,1H3,(H,34,39)(H,36,38)/b12-9+. The molecule has 2 amide bonds. The van der Waals surface area contributed by atoms with Gasteiger partial charge in [-0.05, 0) is 92.9 Å². The first-order valence-corrected chi connectivity index (χ1v) is 13.1. The van der Waals surface area contributed by atoms with Crippen molar-refractivity contribution in [3.63, 3.8) is 0 Å². The molecule has 40 heavy (non-hydrogen) atoms. The van der Waals surface area contributed by atoms with E-state index in [-0.39, 0.29) is 22.9 Å². The first-order chi connectivity index (χ1) is 19.2. The molecule has 1 aromatic heterocycles. The first kappa shape index (κ1) is 28.8. The largest absolute Gasteiger partial charge is 0.457 e. The van der Waals surface area contributed by atoms with Gasteiger partial charge in [0.15, 0.2) is 0 Å². The highest BCUT2D eigenvalue weighted by atomic mass is 19.4. The predicted octanol–water partition coefficient (Wildman–Crippen LogP) is 5.93. The number of carbonyl (C=O) groups is 2. The summed E-state index contributed by atoms with van der Waals surface area (Å²) < 4.78 is 47.1. The number of benzene rings is 2. The SMILES string of the molecule is CNC(=O)c1cc(Oc2cccc(/C=C/C(=O)Nc3ccc(CCCN4CCCC4)c(C(F)(F)F)c3)c2)ccn1. The summed E-state index contributed by atoms with van der Waals surface area (Å²) in [6.07, 6.45) is 2.97. The number of pyridine rings is 1. The molecule has 0 spiro atoms. The van der Waals surface area contributed by atoms with Crippen molar-refractivity contribution >= 4 is 23.6 Å². The second kappa shape index (κ2) is 13.3. The molecule has 1 aliphatic heterocycles. The highest BCUT2D eigenvalue weighted by Crippen LogP contribution is 2.34. The number of nitrogens with one attached hydrogen (secondary N) is 2. The Hall–Kier alpha value is -4.18. The zero-order chi connectivity index (χ0) is 28.5. The van der Waals surface area contributed by atoms with Crippen LogP contribution in [0.15, 0.2) is 66.9 Å². The molecule has 1 saturated heterocycles. The number of nitrogens with zero attached hydrogens (tertiary/aromatic N) is 2. The van der Waals surface area contributed by atoms with E-state index in [1.165, 1.54) is 43.6 Å². The Kier molecular flexibility index (Phi) is 9.55. The van der Waals surface area contributed by atoms with Gasteiger partial charge in [-0.1, -0.05) is 18.2 Å². The molecular weight excluding hydrogens is 521 g/mol. The number of rotatable bonds is 10. The lowest BCUT2D eigenvalue weighted by Crippen LogP contribution is -2.21. The van der Waals surface area contributed by atoms with Crippen LogP contribution in [0.4, 0.5) is 18.9 Å². The Morgan fingerprint density at radius 2 is 1.82 bits per heavy atom. The maximum absolute atomic E-state index is 13.8. The van der Waals surface area contributed by atoms with Crippen LogP contribution in [0.1, 0.15) is 46.4 Å². The number of aromatic nitrogens is 1. The van der Waals surface area contributed by atoms with Gasteiger partial charge < -0.3 is 20.3 Å². The van der Waals surface area contributed by atoms with Gasteiger partial charge in [0.25, 0.3) is 5.91 Å². The van der Waals surface area contributed by atoms with Gasteiger partial charge in [0.05, 0.1) is 5.56 Å². The van der Waals surface area contributed by atoms with Crippen LogP contribution >= 0.6 is 0 Å². The number of halogens is 3. The van der Waals surface area contributed by atoms with Gasteiger partial charge >= 0.3 is 6.18 Å². The molecule has 0 saturated carbocycles. The van der Waals surface area contributed by atoms with E-state index in [0.717, 1.165) is 38.5 Å². The molecule has 0 bridgehead atoms. The number of ether oxygens (including phenoxy) is 1. The summed E-state index contributed by atoms with van der Waals surface area (Å²) in [6.45, 7) is 2.80. The van der Waals surface area contributed by atoms with Crippen LogP contribution in [0.5, 0.6) is 11.5 Å². The molecule has 4 rings (SSSR count). The van der Waals surface area contributed by atoms with Crippen LogP contribution in [-0.4, -0.2) is 48.4 Å². The zero-order valence-electron chi connectivity index (χ0n) is 22.1. The number of carbonyl (C=O) groups excluding carboxylic acids is 2. The lowest BCUT2D eigenvalue weighted by molar-refractivity contribution is -0.138. The van der Waals surface area contributed by atoms with E-state index in [1.807, 2.05) is 0 Å². The monoisotopic (exact) mass is 552 g/mol. The maximum Gasteiger partial charge on any atom is 0.416 e. The summed E-state index contributed by atoms with van der Waals surface area (Å²) in [5.41, 5.74) is 0.422. The van der Waals surface area contributed by atoms with E-state index in [9.17, 15) is 22.8 Å². The summed E-state index contributed by atoms with van der Waals surface area (Å²) in [7, 11) is 1.50. The zero-order valence-corrected chi connectivity index (χ0v) is 22.1. The van der Waals surface area contributed by atoms with Gasteiger partial charge in [-0.3, -0.25) is 14.6 Å². The van der Waals surface area contributed by atoms with E-state index >= 15 is 0 Å². The summed E-state index contributed by atoms with van der Waals surface area (Å²) in [5.74, 6) is -0.0348. The minimum atomic E-state index is -4.52. The summed E-state index contributed by atoms with van der Waals surface area (Å²) in [5, 5.41) is 5.01. The molecular formula is C30H31F3N4O3. The molecule has 10 heteroatoms. The Morgan fingerprint density at radius 3 is 2.58 bits per heavy atom. The molecule has 2 N–H and O–H groups in total. The Labute approximate surface area is 231 Å². The number of amides is 2. The smallest absolute Gasteiger partial charge is 0.416 e. The molecule has 1 aliphatic rings. The van der Waals surface area contributed by atoms with Crippen molar-refractivity contribution in [3.05, 3.63) is 89.3 Å². The molecule has 1 fully saturated rings. The highest BCUT2D eigenvalue weighted by molar-refractivity contribution is 6.02. The lowest BCUT2D eigenvalue weighted by Gasteiger charge is -2.17. The van der Waals surface area contributed by atoms with Gasteiger partial charge in [0.1, 0.15) is 17.2 Å². The summed E-state index contributed by atoms with van der Waals surface area (Å²) in [6, 6.07) is 13.9. The Balaban J connectivity index is 1.38. The van der Waals surface area contributed by atoms with Crippen molar-refractivity contribution in [3.8, 4) is 11.5 Å². The van der Waals surface area contributed by atoms with Crippen molar-refractivity contribution in [1.29, 1.82) is 0 Å². The molecule has 3 aromatic rings. The minimum Gasteiger partial charge on any atom is -0.457 e. The molecule has 0 atom stereocenters. The number of alkyl halides is 3. The quantitative estimate of drug-likeness (QED) is 0.305. The van der Waals surface area contributed by atoms with Crippen LogP contribution in [0.3, 0.4) is 0 Å². The average Bonchev–Trinajstić information content (AvgIpc) is 3.45. The Morgan fingerprint density at radius 1 is 1.05 bits per heavy atom. The minimum absolute atomic E-state index is 0.0759. The van der Waals surface area contributed by atoms with Gasteiger partial charge in [-0.15, -0.1) is 0 Å². The number of hydrogen-bond acceptors (Lipinski definition) is 5. The molecule has 2 heterocycles. The molecule has 0 radical (unpaired) electrons. The predicted molar refractivity (Wildman–Crippen MR) is 147 cm³/mol. The third-order valence-corrected chi connectivity index (χ3v) is 6.51. The fourth-order valence-electron chi connectivity index (χ4n) is 4.54. The molecule has 2 aromatic carbocycles. The highest BCUT2D eigenvalue weighted by Gasteiger charge is 2.33. The number of aryl methyl sites for hydroxylation is 1. The van der Waals surface area contributed by atoms with Crippen LogP contribution < -0.4 is 15.4 Å². The van der Waals surface area contributed by atoms with Crippen LogP contribution in [0, 0.1) is 0 Å². The van der Waals surface area contributed by atoms with Crippen LogP contribution in [0.2, 0.25) is 0 Å². The fraction of sp³-hybridized carbons (Fsp3) is 0.300. The first-order valence-electron chi connectivity index (χ1n) is 13.1. The van der Waals surface area contributed by atoms with E-state index < -0.39 is 17.6 Å². The lowest BCUT2D eigenvalue weighted by atomic mass is 10.0. The second-order valence-electron chi connectivity index (χ2n) is 9.48. The molecule has 7 nitrogen and oxygen atoms in total. The van der Waals surface area contributed by atoms with Crippen molar-refractivity contribution < 1.29 is 27.5 Å². The summed E-state index contributed by atoms with van der Waals surface area (Å²) in [4.78, 5) is 30.6. The normalized spacial score (nSPS) is 13.9. The van der Waals surface area contributed by atoms with Crippen LogP contribution in [-0.2, 0) is 17.4 Å². The van der Waals surface area contributed by atoms with Crippen molar-refractivity contribution in [1.82, 2.24) is 15.2 Å². The third kappa shape index (κ3) is 8.16. The van der Waals surface area contributed by atoms with E-state index in [4.69, 9.17) is 4.74 Å². The average molecular weight is 553 g/mol.